The van der Waals surface area contributed by atoms with E-state index in [4.69, 9.17) is 11.6 Å². The van der Waals surface area contributed by atoms with Gasteiger partial charge in [0.2, 0.25) is 5.91 Å². The number of nitrogens with zero attached hydrogens (tertiary/aromatic N) is 2. The monoisotopic (exact) mass is 258 g/mol. The summed E-state index contributed by atoms with van der Waals surface area (Å²) >= 11 is 5.61. The Balaban J connectivity index is 1.61. The number of hydrogen-bond acceptors (Lipinski definition) is 2. The fourth-order valence-corrected chi connectivity index (χ4v) is 2.56. The molecule has 3 nitrogen and oxygen atoms in total. The minimum absolute atomic E-state index is 0.321. The van der Waals surface area contributed by atoms with Crippen LogP contribution in [-0.4, -0.2) is 54.3 Å². The number of halogens is 1. The molecule has 1 heterocycles. The maximum Gasteiger partial charge on any atom is 0.222 e. The summed E-state index contributed by atoms with van der Waals surface area (Å²) in [6, 6.07) is 0. The minimum atomic E-state index is 0.321. The Morgan fingerprint density at radius 2 is 1.82 bits per heavy atom. The van der Waals surface area contributed by atoms with Gasteiger partial charge in [0.15, 0.2) is 0 Å². The zero-order valence-corrected chi connectivity index (χ0v) is 11.3. The zero-order valence-electron chi connectivity index (χ0n) is 10.5. The lowest BCUT2D eigenvalue weighted by Crippen LogP contribution is -2.49. The highest BCUT2D eigenvalue weighted by atomic mass is 35.5. The van der Waals surface area contributed by atoms with Crippen LogP contribution in [0.2, 0.25) is 0 Å². The van der Waals surface area contributed by atoms with Crippen molar-refractivity contribution in [2.75, 3.05) is 38.6 Å². The standard InChI is InChI=1S/C13H23ClN2O/c14-6-2-1-3-13(17)16-9-7-15(8-10-16)11-12-4-5-12/h12H,1-11H2. The summed E-state index contributed by atoms with van der Waals surface area (Å²) in [6.45, 7) is 5.24. The Bertz CT molecular complexity index is 248. The third-order valence-corrected chi connectivity index (χ3v) is 3.98. The maximum atomic E-state index is 11.9. The van der Waals surface area contributed by atoms with E-state index in [0.717, 1.165) is 44.9 Å². The SMILES string of the molecule is O=C(CCCCCl)N1CCN(CC2CC2)CC1. The molecule has 0 atom stereocenters. The van der Waals surface area contributed by atoms with Crippen LogP contribution in [0.5, 0.6) is 0 Å². The molecule has 0 radical (unpaired) electrons. The van der Waals surface area contributed by atoms with E-state index < -0.39 is 0 Å². The molecular weight excluding hydrogens is 236 g/mol. The molecule has 1 saturated heterocycles. The third-order valence-electron chi connectivity index (χ3n) is 3.71. The lowest BCUT2D eigenvalue weighted by molar-refractivity contribution is -0.133. The summed E-state index contributed by atoms with van der Waals surface area (Å²) in [4.78, 5) is 16.4. The Morgan fingerprint density at radius 3 is 2.41 bits per heavy atom. The molecule has 1 aliphatic heterocycles. The van der Waals surface area contributed by atoms with Gasteiger partial charge in [-0.15, -0.1) is 11.6 Å². The highest BCUT2D eigenvalue weighted by Crippen LogP contribution is 2.29. The Hall–Kier alpha value is -0.280. The average molecular weight is 259 g/mol. The number of alkyl halides is 1. The van der Waals surface area contributed by atoms with Gasteiger partial charge in [0.1, 0.15) is 0 Å². The van der Waals surface area contributed by atoms with Gasteiger partial charge in [0.05, 0.1) is 0 Å². The minimum Gasteiger partial charge on any atom is -0.340 e. The van der Waals surface area contributed by atoms with Crippen molar-refractivity contribution in [3.05, 3.63) is 0 Å². The number of rotatable bonds is 6. The number of carbonyl (C=O) groups is 1. The number of hydrogen-bond donors (Lipinski definition) is 0. The van der Waals surface area contributed by atoms with Crippen molar-refractivity contribution in [2.24, 2.45) is 5.92 Å². The van der Waals surface area contributed by atoms with Crippen LogP contribution in [0.15, 0.2) is 0 Å². The second kappa shape index (κ2) is 6.60. The van der Waals surface area contributed by atoms with E-state index in [2.05, 4.69) is 4.90 Å². The van der Waals surface area contributed by atoms with Gasteiger partial charge in [-0.1, -0.05) is 0 Å². The molecule has 4 heteroatoms. The largest absolute Gasteiger partial charge is 0.340 e. The van der Waals surface area contributed by atoms with Gasteiger partial charge in [0.25, 0.3) is 0 Å². The highest BCUT2D eigenvalue weighted by Gasteiger charge is 2.27. The molecule has 2 rings (SSSR count). The van der Waals surface area contributed by atoms with E-state index in [1.54, 1.807) is 0 Å². The Kier molecular flexibility index (Phi) is 5.11. The van der Waals surface area contributed by atoms with Crippen molar-refractivity contribution in [3.63, 3.8) is 0 Å². The molecule has 0 bridgehead atoms. The van der Waals surface area contributed by atoms with Crippen LogP contribution < -0.4 is 0 Å². The van der Waals surface area contributed by atoms with Crippen molar-refractivity contribution in [1.29, 1.82) is 0 Å². The fourth-order valence-electron chi connectivity index (χ4n) is 2.37. The molecule has 0 aromatic heterocycles. The molecule has 17 heavy (non-hydrogen) atoms. The molecule has 0 unspecified atom stereocenters. The van der Waals surface area contributed by atoms with E-state index in [1.807, 2.05) is 4.90 Å². The summed E-state index contributed by atoms with van der Waals surface area (Å²) in [5, 5.41) is 0. The van der Waals surface area contributed by atoms with Crippen LogP contribution in [0.4, 0.5) is 0 Å². The second-order valence-corrected chi connectivity index (χ2v) is 5.65. The number of piperazine rings is 1. The van der Waals surface area contributed by atoms with E-state index in [-0.39, 0.29) is 0 Å². The highest BCUT2D eigenvalue weighted by molar-refractivity contribution is 6.17. The molecule has 0 aromatic carbocycles. The number of carbonyl (C=O) groups excluding carboxylic acids is 1. The molecule has 98 valence electrons. The van der Waals surface area contributed by atoms with Crippen molar-refractivity contribution in [1.82, 2.24) is 9.80 Å². The van der Waals surface area contributed by atoms with Gasteiger partial charge in [-0.3, -0.25) is 9.69 Å². The van der Waals surface area contributed by atoms with Crippen LogP contribution in [-0.2, 0) is 4.79 Å². The molecule has 1 amide bonds. The normalized spacial score (nSPS) is 21.8. The van der Waals surface area contributed by atoms with Crippen molar-refractivity contribution in [3.8, 4) is 0 Å². The van der Waals surface area contributed by atoms with Crippen LogP contribution in [0, 0.1) is 5.92 Å². The van der Waals surface area contributed by atoms with E-state index in [9.17, 15) is 4.79 Å². The lowest BCUT2D eigenvalue weighted by atomic mass is 10.2. The van der Waals surface area contributed by atoms with Crippen molar-refractivity contribution < 1.29 is 4.79 Å². The predicted molar refractivity (Wildman–Crippen MR) is 70.3 cm³/mol. The van der Waals surface area contributed by atoms with Crippen LogP contribution in [0.1, 0.15) is 32.1 Å². The first-order valence-electron chi connectivity index (χ1n) is 6.85. The fraction of sp³-hybridized carbons (Fsp3) is 0.923. The summed E-state index contributed by atoms with van der Waals surface area (Å²) in [7, 11) is 0. The topological polar surface area (TPSA) is 23.6 Å². The van der Waals surface area contributed by atoms with E-state index in [0.29, 0.717) is 18.2 Å². The van der Waals surface area contributed by atoms with Crippen molar-refractivity contribution >= 4 is 17.5 Å². The van der Waals surface area contributed by atoms with Crippen LogP contribution in [0.25, 0.3) is 0 Å². The molecule has 0 spiro atoms. The van der Waals surface area contributed by atoms with Gasteiger partial charge >= 0.3 is 0 Å². The van der Waals surface area contributed by atoms with Gasteiger partial charge in [-0.2, -0.15) is 0 Å². The predicted octanol–water partition coefficient (Wildman–Crippen LogP) is 1.95. The third kappa shape index (κ3) is 4.47. The summed E-state index contributed by atoms with van der Waals surface area (Å²) in [6.07, 6.45) is 5.39. The first-order valence-corrected chi connectivity index (χ1v) is 7.39. The second-order valence-electron chi connectivity index (χ2n) is 5.27. The lowest BCUT2D eigenvalue weighted by Gasteiger charge is -2.34. The molecule has 0 aromatic rings. The average Bonchev–Trinajstić information content (AvgIpc) is 3.14. The smallest absolute Gasteiger partial charge is 0.222 e. The summed E-state index contributed by atoms with van der Waals surface area (Å²) < 4.78 is 0. The van der Waals surface area contributed by atoms with Gasteiger partial charge in [-0.05, 0) is 31.6 Å². The number of amides is 1. The van der Waals surface area contributed by atoms with Crippen LogP contribution in [0.3, 0.4) is 0 Å². The van der Waals surface area contributed by atoms with E-state index >= 15 is 0 Å². The summed E-state index contributed by atoms with van der Waals surface area (Å²) in [5.74, 6) is 1.95. The van der Waals surface area contributed by atoms with Crippen molar-refractivity contribution in [2.45, 2.75) is 32.1 Å². The molecule has 1 aliphatic carbocycles. The van der Waals surface area contributed by atoms with Gasteiger partial charge < -0.3 is 4.90 Å². The Labute approximate surface area is 109 Å². The Morgan fingerprint density at radius 1 is 1.12 bits per heavy atom. The molecular formula is C13H23ClN2O. The molecule has 2 fully saturated rings. The van der Waals surface area contributed by atoms with Gasteiger partial charge in [-0.25, -0.2) is 0 Å². The van der Waals surface area contributed by atoms with Crippen LogP contribution >= 0.6 is 11.6 Å². The summed E-state index contributed by atoms with van der Waals surface area (Å²) in [5.41, 5.74) is 0. The maximum absolute atomic E-state index is 11.9. The number of unbranched alkanes of at least 4 members (excludes halogenated alkanes) is 1. The molecule has 0 N–H and O–H groups in total. The molecule has 1 saturated carbocycles. The quantitative estimate of drug-likeness (QED) is 0.537. The zero-order chi connectivity index (χ0) is 12.1. The van der Waals surface area contributed by atoms with Gasteiger partial charge in [0, 0.05) is 45.0 Å². The first kappa shape index (κ1) is 13.2. The first-order chi connectivity index (χ1) is 8.29. The van der Waals surface area contributed by atoms with E-state index in [1.165, 1.54) is 19.4 Å². The molecule has 2 aliphatic rings.